The predicted molar refractivity (Wildman–Crippen MR) is 64.3 cm³/mol. The van der Waals surface area contributed by atoms with Gasteiger partial charge in [-0.15, -0.1) is 0 Å². The number of nitrogens with one attached hydrogen (secondary N) is 1. The molecule has 0 saturated carbocycles. The van der Waals surface area contributed by atoms with Crippen LogP contribution in [0.1, 0.15) is 12.0 Å². The Labute approximate surface area is 105 Å². The third kappa shape index (κ3) is 2.96. The van der Waals surface area contributed by atoms with Gasteiger partial charge < -0.3 is 10.2 Å². The molecule has 0 unspecified atom stereocenters. The topological polar surface area (TPSA) is 32.3 Å². The van der Waals surface area contributed by atoms with Crippen LogP contribution in [0.4, 0.5) is 4.39 Å². The Morgan fingerprint density at radius 1 is 1.41 bits per heavy atom. The lowest BCUT2D eigenvalue weighted by molar-refractivity contribution is -0.130. The summed E-state index contributed by atoms with van der Waals surface area (Å²) in [6.45, 7) is 2.24. The smallest absolute Gasteiger partial charge is 0.224 e. The van der Waals surface area contributed by atoms with E-state index in [0.29, 0.717) is 30.1 Å². The third-order valence-corrected chi connectivity index (χ3v) is 3.19. The van der Waals surface area contributed by atoms with Crippen molar-refractivity contribution in [3.63, 3.8) is 0 Å². The fraction of sp³-hybridized carbons (Fsp3) is 0.417. The molecule has 92 valence electrons. The van der Waals surface area contributed by atoms with Crippen molar-refractivity contribution < 1.29 is 9.18 Å². The zero-order chi connectivity index (χ0) is 12.3. The van der Waals surface area contributed by atoms with Crippen molar-refractivity contribution in [1.29, 1.82) is 0 Å². The predicted octanol–water partition coefficient (Wildman–Crippen LogP) is 1.80. The zero-order valence-electron chi connectivity index (χ0n) is 9.38. The SMILES string of the molecule is O=C1CCNCCN1Cc1c(F)cccc1Cl. The molecule has 1 saturated heterocycles. The standard InChI is InChI=1S/C12H14ClFN2O/c13-10-2-1-3-11(14)9(10)8-16-7-6-15-5-4-12(16)17/h1-3,15H,4-8H2. The Bertz CT molecular complexity index is 405. The van der Waals surface area contributed by atoms with Gasteiger partial charge in [0.25, 0.3) is 0 Å². The highest BCUT2D eigenvalue weighted by Crippen LogP contribution is 2.21. The van der Waals surface area contributed by atoms with Gasteiger partial charge >= 0.3 is 0 Å². The molecule has 2 rings (SSSR count). The summed E-state index contributed by atoms with van der Waals surface area (Å²) in [6.07, 6.45) is 0.450. The molecule has 1 N–H and O–H groups in total. The van der Waals surface area contributed by atoms with Gasteiger partial charge in [-0.1, -0.05) is 17.7 Å². The number of rotatable bonds is 2. The van der Waals surface area contributed by atoms with Gasteiger partial charge in [-0.25, -0.2) is 4.39 Å². The van der Waals surface area contributed by atoms with E-state index in [1.807, 2.05) is 0 Å². The van der Waals surface area contributed by atoms with Gasteiger partial charge in [0.2, 0.25) is 5.91 Å². The number of carbonyl (C=O) groups is 1. The Morgan fingerprint density at radius 3 is 3.00 bits per heavy atom. The summed E-state index contributed by atoms with van der Waals surface area (Å²) in [5, 5.41) is 3.50. The largest absolute Gasteiger partial charge is 0.337 e. The summed E-state index contributed by atoms with van der Waals surface area (Å²) >= 11 is 5.94. The lowest BCUT2D eigenvalue weighted by atomic mass is 10.2. The summed E-state index contributed by atoms with van der Waals surface area (Å²) in [7, 11) is 0. The second kappa shape index (κ2) is 5.47. The molecule has 0 radical (unpaired) electrons. The lowest BCUT2D eigenvalue weighted by Crippen LogP contribution is -2.32. The first kappa shape index (κ1) is 12.3. The van der Waals surface area contributed by atoms with Crippen molar-refractivity contribution >= 4 is 17.5 Å². The van der Waals surface area contributed by atoms with Crippen LogP contribution in [0.2, 0.25) is 5.02 Å². The highest BCUT2D eigenvalue weighted by molar-refractivity contribution is 6.31. The molecule has 1 aromatic carbocycles. The Kier molecular flexibility index (Phi) is 3.97. The van der Waals surface area contributed by atoms with Crippen LogP contribution in [0, 0.1) is 5.82 Å². The fourth-order valence-electron chi connectivity index (χ4n) is 1.86. The molecular weight excluding hydrogens is 243 g/mol. The second-order valence-electron chi connectivity index (χ2n) is 4.02. The molecule has 1 heterocycles. The molecule has 0 aliphatic carbocycles. The minimum atomic E-state index is -0.359. The summed E-state index contributed by atoms with van der Waals surface area (Å²) in [5.41, 5.74) is 0.393. The highest BCUT2D eigenvalue weighted by Gasteiger charge is 2.19. The van der Waals surface area contributed by atoms with E-state index < -0.39 is 0 Å². The Hall–Kier alpha value is -1.13. The number of carbonyl (C=O) groups excluding carboxylic acids is 1. The van der Waals surface area contributed by atoms with Gasteiger partial charge in [0.15, 0.2) is 0 Å². The maximum atomic E-state index is 13.6. The first-order valence-corrected chi connectivity index (χ1v) is 5.97. The molecule has 1 amide bonds. The monoisotopic (exact) mass is 256 g/mol. The maximum absolute atomic E-state index is 13.6. The minimum absolute atomic E-state index is 0.0364. The van der Waals surface area contributed by atoms with E-state index in [1.165, 1.54) is 6.07 Å². The molecule has 0 aromatic heterocycles. The van der Waals surface area contributed by atoms with Gasteiger partial charge in [-0.2, -0.15) is 0 Å². The van der Waals surface area contributed by atoms with E-state index in [9.17, 15) is 9.18 Å². The van der Waals surface area contributed by atoms with Crippen LogP contribution in [-0.4, -0.2) is 30.4 Å². The fourth-order valence-corrected chi connectivity index (χ4v) is 2.08. The average Bonchev–Trinajstić information content (AvgIpc) is 2.49. The summed E-state index contributed by atoms with van der Waals surface area (Å²) in [5.74, 6) is -0.322. The van der Waals surface area contributed by atoms with Crippen LogP contribution in [0.25, 0.3) is 0 Å². The van der Waals surface area contributed by atoms with Crippen LogP contribution in [0.5, 0.6) is 0 Å². The van der Waals surface area contributed by atoms with Crippen LogP contribution >= 0.6 is 11.6 Å². The minimum Gasteiger partial charge on any atom is -0.337 e. The van der Waals surface area contributed by atoms with Crippen molar-refractivity contribution in [1.82, 2.24) is 10.2 Å². The molecule has 3 nitrogen and oxygen atoms in total. The Balaban J connectivity index is 2.16. The summed E-state index contributed by atoms with van der Waals surface area (Å²) in [4.78, 5) is 13.4. The number of nitrogens with zero attached hydrogens (tertiary/aromatic N) is 1. The lowest BCUT2D eigenvalue weighted by Gasteiger charge is -2.21. The van der Waals surface area contributed by atoms with Gasteiger partial charge in [0, 0.05) is 36.6 Å². The van der Waals surface area contributed by atoms with Crippen molar-refractivity contribution in [3.8, 4) is 0 Å². The zero-order valence-corrected chi connectivity index (χ0v) is 10.1. The molecular formula is C12H14ClFN2O. The van der Waals surface area contributed by atoms with E-state index in [0.717, 1.165) is 6.54 Å². The quantitative estimate of drug-likeness (QED) is 0.875. The van der Waals surface area contributed by atoms with Gasteiger partial charge in [0.05, 0.1) is 6.54 Å². The summed E-state index contributed by atoms with van der Waals surface area (Å²) < 4.78 is 13.6. The molecule has 0 bridgehead atoms. The van der Waals surface area contributed by atoms with Crippen LogP contribution in [0.15, 0.2) is 18.2 Å². The average molecular weight is 257 g/mol. The first-order valence-electron chi connectivity index (χ1n) is 5.60. The number of hydrogen-bond acceptors (Lipinski definition) is 2. The molecule has 1 fully saturated rings. The highest BCUT2D eigenvalue weighted by atomic mass is 35.5. The third-order valence-electron chi connectivity index (χ3n) is 2.84. The van der Waals surface area contributed by atoms with Crippen molar-refractivity contribution in [3.05, 3.63) is 34.6 Å². The number of halogens is 2. The van der Waals surface area contributed by atoms with E-state index in [-0.39, 0.29) is 18.3 Å². The number of amides is 1. The molecule has 17 heavy (non-hydrogen) atoms. The Morgan fingerprint density at radius 2 is 2.24 bits per heavy atom. The molecule has 5 heteroatoms. The van der Waals surface area contributed by atoms with Crippen molar-refractivity contribution in [2.75, 3.05) is 19.6 Å². The van der Waals surface area contributed by atoms with Crippen LogP contribution in [-0.2, 0) is 11.3 Å². The maximum Gasteiger partial charge on any atom is 0.224 e. The van der Waals surface area contributed by atoms with Crippen molar-refractivity contribution in [2.24, 2.45) is 0 Å². The normalized spacial score (nSPS) is 17.1. The van der Waals surface area contributed by atoms with Gasteiger partial charge in [-0.3, -0.25) is 4.79 Å². The number of benzene rings is 1. The van der Waals surface area contributed by atoms with Crippen LogP contribution in [0.3, 0.4) is 0 Å². The van der Waals surface area contributed by atoms with Gasteiger partial charge in [-0.05, 0) is 12.1 Å². The molecule has 0 atom stereocenters. The van der Waals surface area contributed by atoms with E-state index in [4.69, 9.17) is 11.6 Å². The van der Waals surface area contributed by atoms with Crippen LogP contribution < -0.4 is 5.32 Å². The molecule has 1 aromatic rings. The molecule has 1 aliphatic heterocycles. The molecule has 0 spiro atoms. The van der Waals surface area contributed by atoms with E-state index >= 15 is 0 Å². The molecule has 1 aliphatic rings. The van der Waals surface area contributed by atoms with Gasteiger partial charge in [0.1, 0.15) is 5.82 Å². The first-order chi connectivity index (χ1) is 8.18. The van der Waals surface area contributed by atoms with E-state index in [1.54, 1.807) is 17.0 Å². The van der Waals surface area contributed by atoms with Crippen molar-refractivity contribution in [2.45, 2.75) is 13.0 Å². The summed E-state index contributed by atoms with van der Waals surface area (Å²) in [6, 6.07) is 4.56. The number of hydrogen-bond donors (Lipinski definition) is 1. The van der Waals surface area contributed by atoms with E-state index in [2.05, 4.69) is 5.32 Å². The second-order valence-corrected chi connectivity index (χ2v) is 4.42.